The molecule has 0 bridgehead atoms. The topological polar surface area (TPSA) is 107 Å². The zero-order chi connectivity index (χ0) is 20.8. The summed E-state index contributed by atoms with van der Waals surface area (Å²) in [6, 6.07) is 11.7. The first kappa shape index (κ1) is 20.3. The maximum Gasteiger partial charge on any atom is 0.338 e. The fraction of sp³-hybridized carbons (Fsp3) is 0.200. The molecule has 2 aromatic carbocycles. The van der Waals surface area contributed by atoms with Gasteiger partial charge in [0.1, 0.15) is 5.75 Å². The number of anilines is 2. The second kappa shape index (κ2) is 9.16. The molecule has 0 aliphatic heterocycles. The molecule has 0 fully saturated rings. The Morgan fingerprint density at radius 3 is 2.52 bits per heavy atom. The van der Waals surface area contributed by atoms with Gasteiger partial charge in [-0.05, 0) is 49.4 Å². The third-order valence-electron chi connectivity index (χ3n) is 3.69. The van der Waals surface area contributed by atoms with Crippen molar-refractivity contribution in [1.82, 2.24) is 4.98 Å². The number of aromatic nitrogens is 1. The predicted octanol–water partition coefficient (Wildman–Crippen LogP) is 3.45. The van der Waals surface area contributed by atoms with E-state index in [1.165, 1.54) is 30.4 Å². The van der Waals surface area contributed by atoms with Gasteiger partial charge in [0.2, 0.25) is 5.91 Å². The molecule has 0 aliphatic rings. The summed E-state index contributed by atoms with van der Waals surface area (Å²) < 4.78 is 11.4. The number of nitrogens with zero attached hydrogens (tertiary/aromatic N) is 1. The van der Waals surface area contributed by atoms with Crippen LogP contribution in [0.3, 0.4) is 0 Å². The van der Waals surface area contributed by atoms with E-state index >= 15 is 0 Å². The third-order valence-corrected chi connectivity index (χ3v) is 4.63. The largest absolute Gasteiger partial charge is 0.494 e. The Kier molecular flexibility index (Phi) is 6.40. The number of fused-ring (bicyclic) bond motifs is 1. The van der Waals surface area contributed by atoms with Gasteiger partial charge in [-0.3, -0.25) is 14.9 Å². The minimum absolute atomic E-state index is 0.207. The van der Waals surface area contributed by atoms with E-state index in [2.05, 4.69) is 15.6 Å². The van der Waals surface area contributed by atoms with E-state index in [4.69, 9.17) is 9.47 Å². The Hall–Kier alpha value is -3.46. The van der Waals surface area contributed by atoms with Crippen molar-refractivity contribution >= 4 is 50.2 Å². The molecule has 0 saturated carbocycles. The van der Waals surface area contributed by atoms with Gasteiger partial charge >= 0.3 is 5.97 Å². The highest BCUT2D eigenvalue weighted by Crippen LogP contribution is 2.29. The standard InChI is InChI=1S/C20H19N3O5S/c1-3-27-15-8-9-16-17(10-15)29-20(22-16)23-18(25)11-28-19(26)13-4-6-14(7-5-13)21-12(2)24/h4-10H,3,11H2,1-2H3,(H,21,24)(H,22,23,25). The minimum atomic E-state index is -0.639. The Balaban J connectivity index is 1.54. The lowest BCUT2D eigenvalue weighted by molar-refractivity contribution is -0.119. The lowest BCUT2D eigenvalue weighted by Crippen LogP contribution is -2.20. The summed E-state index contributed by atoms with van der Waals surface area (Å²) in [6.45, 7) is 3.42. The van der Waals surface area contributed by atoms with Crippen LogP contribution < -0.4 is 15.4 Å². The zero-order valence-corrected chi connectivity index (χ0v) is 16.7. The maximum absolute atomic E-state index is 12.1. The molecular weight excluding hydrogens is 394 g/mol. The SMILES string of the molecule is CCOc1ccc2nc(NC(=O)COC(=O)c3ccc(NC(C)=O)cc3)sc2c1. The van der Waals surface area contributed by atoms with Crippen molar-refractivity contribution in [2.75, 3.05) is 23.8 Å². The van der Waals surface area contributed by atoms with Gasteiger partial charge in [0.05, 0.1) is 22.4 Å². The predicted molar refractivity (Wildman–Crippen MR) is 110 cm³/mol. The second-order valence-electron chi connectivity index (χ2n) is 5.96. The first-order valence-electron chi connectivity index (χ1n) is 8.82. The van der Waals surface area contributed by atoms with Crippen molar-refractivity contribution < 1.29 is 23.9 Å². The van der Waals surface area contributed by atoms with Crippen LogP contribution in [-0.4, -0.2) is 36.0 Å². The van der Waals surface area contributed by atoms with Crippen LogP contribution in [0.25, 0.3) is 10.2 Å². The van der Waals surface area contributed by atoms with Crippen LogP contribution in [0.5, 0.6) is 5.75 Å². The molecular formula is C20H19N3O5S. The average Bonchev–Trinajstić information content (AvgIpc) is 3.08. The molecule has 2 N–H and O–H groups in total. The van der Waals surface area contributed by atoms with Crippen molar-refractivity contribution in [2.45, 2.75) is 13.8 Å². The van der Waals surface area contributed by atoms with E-state index in [1.807, 2.05) is 25.1 Å². The number of benzene rings is 2. The molecule has 0 saturated heterocycles. The third kappa shape index (κ3) is 5.52. The van der Waals surface area contributed by atoms with Crippen molar-refractivity contribution in [2.24, 2.45) is 0 Å². The number of ether oxygens (including phenoxy) is 2. The summed E-state index contributed by atoms with van der Waals surface area (Å²) in [7, 11) is 0. The highest BCUT2D eigenvalue weighted by molar-refractivity contribution is 7.22. The summed E-state index contributed by atoms with van der Waals surface area (Å²) in [6.07, 6.45) is 0. The van der Waals surface area contributed by atoms with E-state index in [1.54, 1.807) is 12.1 Å². The van der Waals surface area contributed by atoms with E-state index in [0.717, 1.165) is 16.0 Å². The number of carbonyl (C=O) groups is 3. The van der Waals surface area contributed by atoms with Crippen LogP contribution in [-0.2, 0) is 14.3 Å². The van der Waals surface area contributed by atoms with Crippen molar-refractivity contribution in [1.29, 1.82) is 0 Å². The summed E-state index contributed by atoms with van der Waals surface area (Å²) in [5, 5.41) is 5.64. The Bertz CT molecular complexity index is 1050. The quantitative estimate of drug-likeness (QED) is 0.575. The number of carbonyl (C=O) groups excluding carboxylic acids is 3. The van der Waals surface area contributed by atoms with Gasteiger partial charge in [0, 0.05) is 12.6 Å². The summed E-state index contributed by atoms with van der Waals surface area (Å²) in [4.78, 5) is 39.5. The van der Waals surface area contributed by atoms with Crippen LogP contribution >= 0.6 is 11.3 Å². The van der Waals surface area contributed by atoms with Gasteiger partial charge in [-0.25, -0.2) is 9.78 Å². The van der Waals surface area contributed by atoms with Crippen LogP contribution in [0.15, 0.2) is 42.5 Å². The molecule has 0 unspecified atom stereocenters. The lowest BCUT2D eigenvalue weighted by Gasteiger charge is -2.06. The lowest BCUT2D eigenvalue weighted by atomic mass is 10.2. The van der Waals surface area contributed by atoms with Gasteiger partial charge in [-0.2, -0.15) is 0 Å². The maximum atomic E-state index is 12.1. The number of esters is 1. The van der Waals surface area contributed by atoms with Gasteiger partial charge < -0.3 is 14.8 Å². The van der Waals surface area contributed by atoms with Gasteiger partial charge in [0.15, 0.2) is 11.7 Å². The van der Waals surface area contributed by atoms with Gasteiger partial charge in [-0.15, -0.1) is 0 Å². The fourth-order valence-electron chi connectivity index (χ4n) is 2.48. The summed E-state index contributed by atoms with van der Waals surface area (Å²) in [5.74, 6) is -0.599. The Labute approximate surface area is 170 Å². The number of hydrogen-bond acceptors (Lipinski definition) is 7. The minimum Gasteiger partial charge on any atom is -0.494 e. The van der Waals surface area contributed by atoms with E-state index < -0.39 is 18.5 Å². The molecule has 0 spiro atoms. The monoisotopic (exact) mass is 413 g/mol. The van der Waals surface area contributed by atoms with Crippen molar-refractivity contribution in [3.63, 3.8) is 0 Å². The normalized spacial score (nSPS) is 10.4. The van der Waals surface area contributed by atoms with E-state index in [-0.39, 0.29) is 11.5 Å². The van der Waals surface area contributed by atoms with Gasteiger partial charge in [-0.1, -0.05) is 11.3 Å². The molecule has 1 heterocycles. The zero-order valence-electron chi connectivity index (χ0n) is 15.9. The smallest absolute Gasteiger partial charge is 0.338 e. The van der Waals surface area contributed by atoms with Crippen molar-refractivity contribution in [3.05, 3.63) is 48.0 Å². The van der Waals surface area contributed by atoms with Crippen LogP contribution in [0, 0.1) is 0 Å². The number of nitrogens with one attached hydrogen (secondary N) is 2. The number of amides is 2. The van der Waals surface area contributed by atoms with Crippen LogP contribution in [0.2, 0.25) is 0 Å². The number of thiazole rings is 1. The van der Waals surface area contributed by atoms with Crippen LogP contribution in [0.1, 0.15) is 24.2 Å². The first-order chi connectivity index (χ1) is 13.9. The molecule has 0 atom stereocenters. The molecule has 0 aliphatic carbocycles. The molecule has 150 valence electrons. The molecule has 3 rings (SSSR count). The van der Waals surface area contributed by atoms with Gasteiger partial charge in [0.25, 0.3) is 5.91 Å². The summed E-state index contributed by atoms with van der Waals surface area (Å²) >= 11 is 1.30. The number of hydrogen-bond donors (Lipinski definition) is 2. The second-order valence-corrected chi connectivity index (χ2v) is 7.00. The summed E-state index contributed by atoms with van der Waals surface area (Å²) in [5.41, 5.74) is 1.58. The molecule has 29 heavy (non-hydrogen) atoms. The molecule has 3 aromatic rings. The molecule has 8 nitrogen and oxygen atoms in total. The van der Waals surface area contributed by atoms with E-state index in [9.17, 15) is 14.4 Å². The first-order valence-corrected chi connectivity index (χ1v) is 9.64. The Morgan fingerprint density at radius 2 is 1.83 bits per heavy atom. The molecule has 2 amide bonds. The molecule has 1 aromatic heterocycles. The highest BCUT2D eigenvalue weighted by Gasteiger charge is 2.13. The fourth-order valence-corrected chi connectivity index (χ4v) is 3.39. The Morgan fingerprint density at radius 1 is 1.07 bits per heavy atom. The van der Waals surface area contributed by atoms with Crippen LogP contribution in [0.4, 0.5) is 10.8 Å². The highest BCUT2D eigenvalue weighted by atomic mass is 32.1. The average molecular weight is 413 g/mol. The van der Waals surface area contributed by atoms with E-state index in [0.29, 0.717) is 17.4 Å². The molecule has 0 radical (unpaired) electrons. The molecule has 9 heteroatoms. The van der Waals surface area contributed by atoms with Crippen molar-refractivity contribution in [3.8, 4) is 5.75 Å². The number of rotatable bonds is 7.